The first-order valence-electron chi connectivity index (χ1n) is 9.87. The first-order chi connectivity index (χ1) is 15.0. The Hall–Kier alpha value is -4.01. The summed E-state index contributed by atoms with van der Waals surface area (Å²) in [7, 11) is 0. The van der Waals surface area contributed by atoms with Crippen molar-refractivity contribution < 1.29 is 14.3 Å². The highest BCUT2D eigenvalue weighted by molar-refractivity contribution is 6.05. The second-order valence-electron chi connectivity index (χ2n) is 7.12. The number of benzene rings is 1. The van der Waals surface area contributed by atoms with Crippen LogP contribution in [0.4, 0.5) is 5.69 Å². The molecule has 2 aromatic heterocycles. The molecule has 0 radical (unpaired) electrons. The topological polar surface area (TPSA) is 123 Å². The van der Waals surface area contributed by atoms with Gasteiger partial charge in [0.05, 0.1) is 17.6 Å². The number of pyridine rings is 1. The fourth-order valence-electron chi connectivity index (χ4n) is 3.17. The Bertz CT molecular complexity index is 1300. The van der Waals surface area contributed by atoms with Crippen LogP contribution in [-0.2, 0) is 9.53 Å². The molecule has 0 atom stereocenters. The summed E-state index contributed by atoms with van der Waals surface area (Å²) in [5, 5.41) is 2.93. The van der Waals surface area contributed by atoms with Crippen LogP contribution < -0.4 is 16.6 Å². The van der Waals surface area contributed by atoms with Crippen LogP contribution in [0.15, 0.2) is 52.2 Å². The number of carbonyl (C=O) groups is 2. The van der Waals surface area contributed by atoms with Gasteiger partial charge < -0.3 is 10.1 Å². The van der Waals surface area contributed by atoms with E-state index < -0.39 is 23.1 Å². The number of hydrogen-bond acceptors (Lipinski definition) is 6. The molecule has 0 unspecified atom stereocenters. The monoisotopic (exact) mass is 420 g/mol. The number of nitrogens with zero attached hydrogens (tertiary/aromatic N) is 2. The van der Waals surface area contributed by atoms with Crippen molar-refractivity contribution in [3.8, 4) is 0 Å². The zero-order valence-electron chi connectivity index (χ0n) is 16.8. The fraction of sp³-hybridized carbons (Fsp3) is 0.227. The maximum atomic E-state index is 12.6. The summed E-state index contributed by atoms with van der Waals surface area (Å²) in [5.74, 6) is -0.862. The van der Waals surface area contributed by atoms with Crippen molar-refractivity contribution in [1.82, 2.24) is 14.5 Å². The first-order valence-corrected chi connectivity index (χ1v) is 9.87. The number of esters is 1. The summed E-state index contributed by atoms with van der Waals surface area (Å²) in [6.07, 6.45) is 6.01. The van der Waals surface area contributed by atoms with Crippen LogP contribution in [0.3, 0.4) is 0 Å². The van der Waals surface area contributed by atoms with Gasteiger partial charge in [-0.25, -0.2) is 14.6 Å². The van der Waals surface area contributed by atoms with E-state index in [0.717, 1.165) is 18.4 Å². The molecule has 9 heteroatoms. The summed E-state index contributed by atoms with van der Waals surface area (Å²) in [6.45, 7) is 2.04. The number of rotatable bonds is 6. The molecule has 3 aromatic rings. The van der Waals surface area contributed by atoms with E-state index in [1.54, 1.807) is 37.3 Å². The Morgan fingerprint density at radius 3 is 2.68 bits per heavy atom. The number of hydrogen-bond donors (Lipinski definition) is 2. The summed E-state index contributed by atoms with van der Waals surface area (Å²) >= 11 is 0. The highest BCUT2D eigenvalue weighted by Crippen LogP contribution is 2.34. The number of carbonyl (C=O) groups excluding carboxylic acids is 2. The molecule has 4 rings (SSSR count). The number of nitrogens with one attached hydrogen (secondary N) is 2. The molecule has 1 amide bonds. The van der Waals surface area contributed by atoms with E-state index >= 15 is 0 Å². The third-order valence-corrected chi connectivity index (χ3v) is 4.82. The summed E-state index contributed by atoms with van der Waals surface area (Å²) in [6, 6.07) is 8.33. The Balaban J connectivity index is 1.53. The van der Waals surface area contributed by atoms with Gasteiger partial charge in [-0.05, 0) is 49.6 Å². The van der Waals surface area contributed by atoms with E-state index in [9.17, 15) is 19.2 Å². The van der Waals surface area contributed by atoms with Gasteiger partial charge in [-0.2, -0.15) is 0 Å². The van der Waals surface area contributed by atoms with Gasteiger partial charge in [-0.15, -0.1) is 0 Å². The van der Waals surface area contributed by atoms with Gasteiger partial charge in [-0.3, -0.25) is 19.1 Å². The normalized spacial score (nSPS) is 13.5. The second kappa shape index (κ2) is 8.39. The highest BCUT2D eigenvalue weighted by atomic mass is 16.5. The molecule has 158 valence electrons. The number of ether oxygens (including phenoxy) is 1. The SMILES string of the molecule is CCOC(=O)C=Cc1ccc(NC(=O)c2cnc3c(c2)c(=O)[nH]c(=O)n3C2CC2)cc1. The Labute approximate surface area is 176 Å². The van der Waals surface area contributed by atoms with Gasteiger partial charge in [0.15, 0.2) is 0 Å². The third kappa shape index (κ3) is 4.45. The molecule has 31 heavy (non-hydrogen) atoms. The molecule has 0 aliphatic heterocycles. The lowest BCUT2D eigenvalue weighted by molar-refractivity contribution is -0.137. The van der Waals surface area contributed by atoms with E-state index in [1.807, 2.05) is 0 Å². The molecule has 1 aliphatic rings. The van der Waals surface area contributed by atoms with Crippen molar-refractivity contribution in [2.24, 2.45) is 0 Å². The third-order valence-electron chi connectivity index (χ3n) is 4.82. The van der Waals surface area contributed by atoms with Crippen LogP contribution in [0.25, 0.3) is 17.1 Å². The standard InChI is InChI=1S/C22H20N4O5/c1-2-31-18(27)10-5-13-3-6-15(7-4-13)24-20(28)14-11-17-19(23-12-14)26(16-8-9-16)22(30)25-21(17)29/h3-7,10-12,16H,2,8-9H2,1H3,(H,24,28)(H,25,29,30). The van der Waals surface area contributed by atoms with Gasteiger partial charge in [0.25, 0.3) is 11.5 Å². The molecule has 2 N–H and O–H groups in total. The average Bonchev–Trinajstić information content (AvgIpc) is 3.58. The van der Waals surface area contributed by atoms with Crippen LogP contribution in [0.5, 0.6) is 0 Å². The van der Waals surface area contributed by atoms with Gasteiger partial charge in [-0.1, -0.05) is 12.1 Å². The Morgan fingerprint density at radius 2 is 2.00 bits per heavy atom. The maximum absolute atomic E-state index is 12.6. The van der Waals surface area contributed by atoms with Crippen molar-refractivity contribution >= 4 is 34.7 Å². The Morgan fingerprint density at radius 1 is 1.26 bits per heavy atom. The molecule has 0 bridgehead atoms. The molecule has 1 saturated carbocycles. The van der Waals surface area contributed by atoms with Crippen LogP contribution in [0.2, 0.25) is 0 Å². The fourth-order valence-corrected chi connectivity index (χ4v) is 3.17. The molecular weight excluding hydrogens is 400 g/mol. The molecule has 0 spiro atoms. The second-order valence-corrected chi connectivity index (χ2v) is 7.12. The Kier molecular flexibility index (Phi) is 5.48. The lowest BCUT2D eigenvalue weighted by Gasteiger charge is -2.09. The maximum Gasteiger partial charge on any atom is 0.330 e. The van der Waals surface area contributed by atoms with Crippen molar-refractivity contribution in [2.75, 3.05) is 11.9 Å². The lowest BCUT2D eigenvalue weighted by Crippen LogP contribution is -2.30. The molecule has 1 aromatic carbocycles. The first kappa shape index (κ1) is 20.3. The van der Waals surface area contributed by atoms with Gasteiger partial charge in [0.2, 0.25) is 0 Å². The number of H-pyrrole nitrogens is 1. The van der Waals surface area contributed by atoms with Gasteiger partial charge in [0, 0.05) is 24.0 Å². The van der Waals surface area contributed by atoms with Crippen molar-refractivity contribution in [3.05, 3.63) is 74.6 Å². The van der Waals surface area contributed by atoms with Crippen LogP contribution in [-0.4, -0.2) is 33.0 Å². The number of aromatic nitrogens is 3. The minimum atomic E-state index is -0.572. The zero-order valence-corrected chi connectivity index (χ0v) is 16.8. The summed E-state index contributed by atoms with van der Waals surface area (Å²) in [5.41, 5.74) is 0.729. The van der Waals surface area contributed by atoms with E-state index in [-0.39, 0.29) is 22.6 Å². The van der Waals surface area contributed by atoms with E-state index in [0.29, 0.717) is 12.3 Å². The smallest absolute Gasteiger partial charge is 0.330 e. The molecule has 9 nitrogen and oxygen atoms in total. The van der Waals surface area contributed by atoms with Gasteiger partial charge in [0.1, 0.15) is 5.65 Å². The minimum Gasteiger partial charge on any atom is -0.463 e. The number of aromatic amines is 1. The number of amides is 1. The van der Waals surface area contributed by atoms with Crippen molar-refractivity contribution in [3.63, 3.8) is 0 Å². The number of fused-ring (bicyclic) bond motifs is 1. The molecule has 2 heterocycles. The largest absolute Gasteiger partial charge is 0.463 e. The van der Waals surface area contributed by atoms with Crippen molar-refractivity contribution in [1.29, 1.82) is 0 Å². The van der Waals surface area contributed by atoms with Crippen LogP contribution >= 0.6 is 0 Å². The van der Waals surface area contributed by atoms with Gasteiger partial charge >= 0.3 is 11.7 Å². The molecule has 0 saturated heterocycles. The predicted octanol–water partition coefficient (Wildman–Crippen LogP) is 2.25. The zero-order chi connectivity index (χ0) is 22.0. The predicted molar refractivity (Wildman–Crippen MR) is 115 cm³/mol. The van der Waals surface area contributed by atoms with E-state index in [4.69, 9.17) is 4.74 Å². The highest BCUT2D eigenvalue weighted by Gasteiger charge is 2.27. The minimum absolute atomic E-state index is 0.0374. The van der Waals surface area contributed by atoms with Crippen LogP contribution in [0, 0.1) is 0 Å². The van der Waals surface area contributed by atoms with E-state index in [1.165, 1.54) is 22.9 Å². The van der Waals surface area contributed by atoms with E-state index in [2.05, 4.69) is 15.3 Å². The van der Waals surface area contributed by atoms with Crippen LogP contribution in [0.1, 0.15) is 41.7 Å². The average molecular weight is 420 g/mol. The number of anilines is 1. The lowest BCUT2D eigenvalue weighted by atomic mass is 10.1. The van der Waals surface area contributed by atoms with Crippen molar-refractivity contribution in [2.45, 2.75) is 25.8 Å². The molecular formula is C22H20N4O5. The summed E-state index contributed by atoms with van der Waals surface area (Å²) < 4.78 is 6.30. The quantitative estimate of drug-likeness (QED) is 0.466. The summed E-state index contributed by atoms with van der Waals surface area (Å²) in [4.78, 5) is 54.9. The molecule has 1 aliphatic carbocycles. The molecule has 1 fully saturated rings.